The van der Waals surface area contributed by atoms with E-state index in [2.05, 4.69) is 0 Å². The van der Waals surface area contributed by atoms with Crippen molar-refractivity contribution >= 4 is 17.4 Å². The summed E-state index contributed by atoms with van der Waals surface area (Å²) >= 11 is 0. The molecule has 1 saturated heterocycles. The van der Waals surface area contributed by atoms with Crippen LogP contribution in [0.15, 0.2) is 54.1 Å². The van der Waals surface area contributed by atoms with E-state index in [-0.39, 0.29) is 36.0 Å². The highest BCUT2D eigenvalue weighted by atomic mass is 16.5. The average Bonchev–Trinajstić information content (AvgIpc) is 2.97. The molecule has 146 valence electrons. The molecule has 0 aliphatic carbocycles. The van der Waals surface area contributed by atoms with Gasteiger partial charge in [-0.05, 0) is 17.7 Å². The number of benzene rings is 2. The van der Waals surface area contributed by atoms with E-state index in [0.717, 1.165) is 0 Å². The van der Waals surface area contributed by atoms with Crippen LogP contribution in [0.3, 0.4) is 0 Å². The van der Waals surface area contributed by atoms with Gasteiger partial charge in [-0.3, -0.25) is 9.59 Å². The first-order chi connectivity index (χ1) is 13.5. The molecule has 0 aromatic heterocycles. The number of rotatable bonds is 6. The van der Waals surface area contributed by atoms with Gasteiger partial charge in [0.05, 0.1) is 25.3 Å². The zero-order chi connectivity index (χ0) is 20.3. The number of nitrogens with zero attached hydrogens (tertiary/aromatic N) is 1. The Kier molecular flexibility index (Phi) is 5.65. The number of phenols is 1. The molecule has 0 radical (unpaired) electrons. The molecule has 1 atom stereocenters. The van der Waals surface area contributed by atoms with Gasteiger partial charge in [0, 0.05) is 19.2 Å². The van der Waals surface area contributed by atoms with Crippen molar-refractivity contribution in [2.24, 2.45) is 0 Å². The summed E-state index contributed by atoms with van der Waals surface area (Å²) < 4.78 is 10.2. The quantitative estimate of drug-likeness (QED) is 0.452. The molecule has 1 aliphatic heterocycles. The van der Waals surface area contributed by atoms with Gasteiger partial charge in [0.25, 0.3) is 11.7 Å². The highest BCUT2D eigenvalue weighted by Gasteiger charge is 2.46. The van der Waals surface area contributed by atoms with Crippen molar-refractivity contribution in [2.75, 3.05) is 27.4 Å². The second kappa shape index (κ2) is 8.14. The molecular formula is C21H21NO6. The van der Waals surface area contributed by atoms with E-state index < -0.39 is 17.7 Å². The normalized spacial score (nSPS) is 18.5. The number of aliphatic hydroxyl groups is 1. The number of aromatic hydroxyl groups is 1. The molecule has 1 aliphatic rings. The van der Waals surface area contributed by atoms with Crippen LogP contribution < -0.4 is 4.74 Å². The maximum absolute atomic E-state index is 12.8. The summed E-state index contributed by atoms with van der Waals surface area (Å²) in [7, 11) is 2.91. The maximum atomic E-state index is 12.8. The molecular weight excluding hydrogens is 362 g/mol. The summed E-state index contributed by atoms with van der Waals surface area (Å²) in [5, 5.41) is 20.7. The largest absolute Gasteiger partial charge is 0.507 e. The molecule has 0 spiro atoms. The summed E-state index contributed by atoms with van der Waals surface area (Å²) in [6.07, 6.45) is 0. The first-order valence-corrected chi connectivity index (χ1v) is 8.69. The SMILES string of the molecule is COCCN1C(=O)C(=O)C(=C(O)c2ccccc2)[C@@H]1c1ccc(O)c(OC)c1. The van der Waals surface area contributed by atoms with E-state index in [1.807, 2.05) is 0 Å². The van der Waals surface area contributed by atoms with Crippen LogP contribution in [0, 0.1) is 0 Å². The lowest BCUT2D eigenvalue weighted by Gasteiger charge is -2.25. The van der Waals surface area contributed by atoms with Gasteiger partial charge in [0.2, 0.25) is 0 Å². The third kappa shape index (κ3) is 3.44. The van der Waals surface area contributed by atoms with Gasteiger partial charge < -0.3 is 24.6 Å². The van der Waals surface area contributed by atoms with Crippen molar-refractivity contribution in [1.82, 2.24) is 4.90 Å². The van der Waals surface area contributed by atoms with Crippen molar-refractivity contribution in [1.29, 1.82) is 0 Å². The number of Topliss-reactive ketones (excluding diaryl/α,β-unsaturated/α-hetero) is 1. The summed E-state index contributed by atoms with van der Waals surface area (Å²) in [6.45, 7) is 0.393. The number of hydrogen-bond acceptors (Lipinski definition) is 6. The smallest absolute Gasteiger partial charge is 0.295 e. The molecule has 7 heteroatoms. The minimum Gasteiger partial charge on any atom is -0.507 e. The first kappa shape index (κ1) is 19.4. The number of methoxy groups -OCH3 is 2. The van der Waals surface area contributed by atoms with Crippen LogP contribution in [-0.4, -0.2) is 54.2 Å². The van der Waals surface area contributed by atoms with Crippen LogP contribution in [0.5, 0.6) is 11.5 Å². The zero-order valence-electron chi connectivity index (χ0n) is 15.6. The number of phenolic OH excluding ortho intramolecular Hbond substituents is 1. The second-order valence-corrected chi connectivity index (χ2v) is 6.28. The third-order valence-corrected chi connectivity index (χ3v) is 4.64. The fraction of sp³-hybridized carbons (Fsp3) is 0.238. The average molecular weight is 383 g/mol. The van der Waals surface area contributed by atoms with E-state index in [4.69, 9.17) is 9.47 Å². The van der Waals surface area contributed by atoms with Gasteiger partial charge in [-0.25, -0.2) is 0 Å². The number of aliphatic hydroxyl groups excluding tert-OH is 1. The Morgan fingerprint density at radius 2 is 1.82 bits per heavy atom. The number of ether oxygens (including phenoxy) is 2. The van der Waals surface area contributed by atoms with Crippen molar-refractivity contribution < 1.29 is 29.3 Å². The van der Waals surface area contributed by atoms with Crippen LogP contribution in [0.1, 0.15) is 17.2 Å². The minimum absolute atomic E-state index is 0.0138. The number of amides is 1. The minimum atomic E-state index is -0.829. The molecule has 0 bridgehead atoms. The molecule has 7 nitrogen and oxygen atoms in total. The van der Waals surface area contributed by atoms with Crippen molar-refractivity contribution in [3.05, 3.63) is 65.2 Å². The second-order valence-electron chi connectivity index (χ2n) is 6.28. The monoisotopic (exact) mass is 383 g/mol. The van der Waals surface area contributed by atoms with Crippen LogP contribution >= 0.6 is 0 Å². The summed E-state index contributed by atoms with van der Waals surface area (Å²) in [6, 6.07) is 12.3. The standard InChI is InChI=1S/C21H21NO6/c1-27-11-10-22-18(14-8-9-15(23)16(12-14)28-2)17(20(25)21(22)26)19(24)13-6-4-3-5-7-13/h3-9,12,18,23-24H,10-11H2,1-2H3/t18-/m0/s1. The molecule has 2 aromatic carbocycles. The third-order valence-electron chi connectivity index (χ3n) is 4.64. The Morgan fingerprint density at radius 1 is 1.11 bits per heavy atom. The fourth-order valence-electron chi connectivity index (χ4n) is 3.26. The van der Waals surface area contributed by atoms with E-state index >= 15 is 0 Å². The summed E-state index contributed by atoms with van der Waals surface area (Å²) in [4.78, 5) is 26.8. The van der Waals surface area contributed by atoms with Gasteiger partial charge in [-0.15, -0.1) is 0 Å². The lowest BCUT2D eigenvalue weighted by Crippen LogP contribution is -2.32. The maximum Gasteiger partial charge on any atom is 0.295 e. The van der Waals surface area contributed by atoms with Crippen LogP contribution in [0.2, 0.25) is 0 Å². The molecule has 2 aromatic rings. The van der Waals surface area contributed by atoms with Crippen molar-refractivity contribution in [3.8, 4) is 11.5 Å². The number of hydrogen-bond donors (Lipinski definition) is 2. The summed E-state index contributed by atoms with van der Waals surface area (Å²) in [5.74, 6) is -1.60. The van der Waals surface area contributed by atoms with Gasteiger partial charge in [-0.1, -0.05) is 36.4 Å². The van der Waals surface area contributed by atoms with E-state index in [1.54, 1.807) is 42.5 Å². The number of carbonyl (C=O) groups excluding carboxylic acids is 2. The summed E-state index contributed by atoms with van der Waals surface area (Å²) in [5.41, 5.74) is 0.950. The topological polar surface area (TPSA) is 96.3 Å². The Morgan fingerprint density at radius 3 is 2.46 bits per heavy atom. The van der Waals surface area contributed by atoms with E-state index in [9.17, 15) is 19.8 Å². The Hall–Kier alpha value is -3.32. The fourth-order valence-corrected chi connectivity index (χ4v) is 3.26. The highest BCUT2D eigenvalue weighted by Crippen LogP contribution is 2.41. The molecule has 28 heavy (non-hydrogen) atoms. The molecule has 2 N–H and O–H groups in total. The van der Waals surface area contributed by atoms with Gasteiger partial charge in [0.1, 0.15) is 5.76 Å². The molecule has 3 rings (SSSR count). The molecule has 0 saturated carbocycles. The predicted molar refractivity (Wildman–Crippen MR) is 102 cm³/mol. The number of ketones is 1. The number of carbonyl (C=O) groups is 2. The van der Waals surface area contributed by atoms with Gasteiger partial charge >= 0.3 is 0 Å². The lowest BCUT2D eigenvalue weighted by molar-refractivity contribution is -0.140. The highest BCUT2D eigenvalue weighted by molar-refractivity contribution is 6.46. The zero-order valence-corrected chi connectivity index (χ0v) is 15.6. The van der Waals surface area contributed by atoms with Crippen LogP contribution in [0.4, 0.5) is 0 Å². The molecule has 1 heterocycles. The van der Waals surface area contributed by atoms with E-state index in [1.165, 1.54) is 25.2 Å². The van der Waals surface area contributed by atoms with E-state index in [0.29, 0.717) is 11.1 Å². The Balaban J connectivity index is 2.18. The van der Waals surface area contributed by atoms with Crippen molar-refractivity contribution in [2.45, 2.75) is 6.04 Å². The Labute approximate surface area is 162 Å². The number of likely N-dealkylation sites (tertiary alicyclic amines) is 1. The van der Waals surface area contributed by atoms with Crippen LogP contribution in [-0.2, 0) is 14.3 Å². The predicted octanol–water partition coefficient (Wildman–Crippen LogP) is 2.47. The van der Waals surface area contributed by atoms with Gasteiger partial charge in [0.15, 0.2) is 11.5 Å². The molecule has 0 unspecified atom stereocenters. The first-order valence-electron chi connectivity index (χ1n) is 8.69. The van der Waals surface area contributed by atoms with Crippen LogP contribution in [0.25, 0.3) is 5.76 Å². The Bertz CT molecular complexity index is 922. The van der Waals surface area contributed by atoms with Crippen molar-refractivity contribution in [3.63, 3.8) is 0 Å². The molecule has 1 fully saturated rings. The van der Waals surface area contributed by atoms with Gasteiger partial charge in [-0.2, -0.15) is 0 Å². The lowest BCUT2D eigenvalue weighted by atomic mass is 9.95. The molecule has 1 amide bonds.